The van der Waals surface area contributed by atoms with Crippen LogP contribution in [0.1, 0.15) is 49.4 Å². The Balaban J connectivity index is 0.000000157. The van der Waals surface area contributed by atoms with E-state index >= 15 is 0 Å². The van der Waals surface area contributed by atoms with Gasteiger partial charge in [-0.1, -0.05) is 87.9 Å². The zero-order valence-electron chi connectivity index (χ0n) is 18.3. The summed E-state index contributed by atoms with van der Waals surface area (Å²) in [6.07, 6.45) is 4.63. The van der Waals surface area contributed by atoms with Crippen LogP contribution in [0.4, 0.5) is 0 Å². The second-order valence-corrected chi connectivity index (χ2v) is 7.06. The van der Waals surface area contributed by atoms with E-state index in [1.54, 1.807) is 0 Å². The van der Waals surface area contributed by atoms with E-state index in [4.69, 9.17) is 9.47 Å². The zero-order valence-corrected chi connectivity index (χ0v) is 18.3. The predicted molar refractivity (Wildman–Crippen MR) is 123 cm³/mol. The van der Waals surface area contributed by atoms with Gasteiger partial charge in [-0.25, -0.2) is 0 Å². The van der Waals surface area contributed by atoms with E-state index in [0.717, 1.165) is 24.3 Å². The van der Waals surface area contributed by atoms with Crippen molar-refractivity contribution in [2.45, 2.75) is 53.4 Å². The van der Waals surface area contributed by atoms with Gasteiger partial charge in [0.05, 0.1) is 0 Å². The Morgan fingerprint density at radius 1 is 0.690 bits per heavy atom. The van der Waals surface area contributed by atoms with Crippen LogP contribution in [-0.2, 0) is 19.3 Å². The van der Waals surface area contributed by atoms with Crippen LogP contribution in [0.15, 0.2) is 72.8 Å². The van der Waals surface area contributed by atoms with Crippen molar-refractivity contribution >= 4 is 0 Å². The van der Waals surface area contributed by atoms with Crippen molar-refractivity contribution in [3.8, 4) is 11.5 Å². The standard InChI is InChI=1S/C9H10O2.2C9H12/c1-2-7-3-4-8-9(5-7)11-6-10-8;1-3-9-7-5-4-6-8(9)2;1-2-6-9-7-4-3-5-8-9/h3-5H,2,6H2,1H3;4-7H,3H2,1-2H3;3-5,7-8H,2,6H2,1H3. The molecule has 0 saturated heterocycles. The first-order valence-corrected chi connectivity index (χ1v) is 10.6. The molecule has 2 nitrogen and oxygen atoms in total. The molecule has 3 aromatic carbocycles. The summed E-state index contributed by atoms with van der Waals surface area (Å²) in [7, 11) is 0. The summed E-state index contributed by atoms with van der Waals surface area (Å²) in [5, 5.41) is 0. The van der Waals surface area contributed by atoms with Gasteiger partial charge in [0.1, 0.15) is 0 Å². The quantitative estimate of drug-likeness (QED) is 0.470. The molecule has 0 fully saturated rings. The molecule has 0 spiro atoms. The van der Waals surface area contributed by atoms with Crippen LogP contribution in [0, 0.1) is 6.92 Å². The normalized spacial score (nSPS) is 11.0. The average molecular weight is 391 g/mol. The molecule has 0 bridgehead atoms. The van der Waals surface area contributed by atoms with Gasteiger partial charge in [-0.2, -0.15) is 0 Å². The van der Waals surface area contributed by atoms with Crippen molar-refractivity contribution < 1.29 is 9.47 Å². The van der Waals surface area contributed by atoms with Gasteiger partial charge >= 0.3 is 0 Å². The van der Waals surface area contributed by atoms with E-state index in [2.05, 4.69) is 88.4 Å². The minimum absolute atomic E-state index is 0.364. The molecule has 1 aliphatic heterocycles. The lowest BCUT2D eigenvalue weighted by Crippen LogP contribution is -1.92. The highest BCUT2D eigenvalue weighted by Crippen LogP contribution is 2.32. The number of benzene rings is 3. The number of ether oxygens (including phenoxy) is 2. The van der Waals surface area contributed by atoms with Gasteiger partial charge < -0.3 is 9.47 Å². The summed E-state index contributed by atoms with van der Waals surface area (Å²) in [5.41, 5.74) is 5.59. The van der Waals surface area contributed by atoms with Crippen molar-refractivity contribution in [2.75, 3.05) is 6.79 Å². The molecule has 0 saturated carbocycles. The largest absolute Gasteiger partial charge is 0.454 e. The van der Waals surface area contributed by atoms with Crippen molar-refractivity contribution in [3.63, 3.8) is 0 Å². The summed E-state index contributed by atoms with van der Waals surface area (Å²) in [4.78, 5) is 0. The van der Waals surface area contributed by atoms with E-state index < -0.39 is 0 Å². The minimum Gasteiger partial charge on any atom is -0.454 e. The summed E-state index contributed by atoms with van der Waals surface area (Å²) < 4.78 is 10.4. The Hall–Kier alpha value is -2.74. The fourth-order valence-corrected chi connectivity index (χ4v) is 3.10. The molecule has 0 aliphatic carbocycles. The number of rotatable bonds is 4. The zero-order chi connectivity index (χ0) is 20.9. The van der Waals surface area contributed by atoms with Gasteiger partial charge in [-0.3, -0.25) is 0 Å². The van der Waals surface area contributed by atoms with Crippen LogP contribution in [-0.4, -0.2) is 6.79 Å². The van der Waals surface area contributed by atoms with Crippen molar-refractivity contribution in [3.05, 3.63) is 95.1 Å². The Labute approximate surface area is 176 Å². The Morgan fingerprint density at radius 2 is 1.38 bits per heavy atom. The van der Waals surface area contributed by atoms with Gasteiger partial charge in [0, 0.05) is 0 Å². The van der Waals surface area contributed by atoms with Crippen molar-refractivity contribution in [1.82, 2.24) is 0 Å². The van der Waals surface area contributed by atoms with E-state index in [1.165, 1.54) is 35.1 Å². The SMILES string of the molecule is CCCc1ccccc1.CCc1ccc2c(c1)OCO2.CCc1ccccc1C. The molecular formula is C27H34O2. The molecule has 0 amide bonds. The van der Waals surface area contributed by atoms with Gasteiger partial charge in [0.2, 0.25) is 6.79 Å². The molecule has 4 rings (SSSR count). The molecule has 3 aromatic rings. The summed E-state index contributed by atoms with van der Waals surface area (Å²) in [5.74, 6) is 1.74. The van der Waals surface area contributed by atoms with E-state index in [0.29, 0.717) is 6.79 Å². The second kappa shape index (κ2) is 12.7. The topological polar surface area (TPSA) is 18.5 Å². The van der Waals surface area contributed by atoms with Gasteiger partial charge in [-0.05, 0) is 60.6 Å². The first-order valence-electron chi connectivity index (χ1n) is 10.6. The van der Waals surface area contributed by atoms with Gasteiger partial charge in [0.25, 0.3) is 0 Å². The highest BCUT2D eigenvalue weighted by Gasteiger charge is 2.11. The molecule has 2 heteroatoms. The maximum atomic E-state index is 5.22. The second-order valence-electron chi connectivity index (χ2n) is 7.06. The maximum absolute atomic E-state index is 5.22. The molecule has 0 radical (unpaired) electrons. The van der Waals surface area contributed by atoms with Crippen LogP contribution in [0.3, 0.4) is 0 Å². The molecule has 0 unspecified atom stereocenters. The van der Waals surface area contributed by atoms with Crippen LogP contribution in [0.2, 0.25) is 0 Å². The maximum Gasteiger partial charge on any atom is 0.231 e. The summed E-state index contributed by atoms with van der Waals surface area (Å²) in [6, 6.07) is 25.1. The lowest BCUT2D eigenvalue weighted by Gasteiger charge is -1.98. The molecule has 0 atom stereocenters. The van der Waals surface area contributed by atoms with Crippen LogP contribution in [0.5, 0.6) is 11.5 Å². The first kappa shape index (κ1) is 22.5. The van der Waals surface area contributed by atoms with Crippen molar-refractivity contribution in [2.24, 2.45) is 0 Å². The van der Waals surface area contributed by atoms with Gasteiger partial charge in [-0.15, -0.1) is 0 Å². The summed E-state index contributed by atoms with van der Waals surface area (Å²) >= 11 is 0. The van der Waals surface area contributed by atoms with E-state index in [-0.39, 0.29) is 0 Å². The molecular weight excluding hydrogens is 356 g/mol. The molecule has 0 aromatic heterocycles. The average Bonchev–Trinajstić information content (AvgIpc) is 3.24. The third-order valence-electron chi connectivity index (χ3n) is 4.87. The molecule has 154 valence electrons. The summed E-state index contributed by atoms with van der Waals surface area (Å²) in [6.45, 7) is 9.02. The Morgan fingerprint density at radius 3 is 2.00 bits per heavy atom. The number of fused-ring (bicyclic) bond motifs is 1. The van der Waals surface area contributed by atoms with Gasteiger partial charge in [0.15, 0.2) is 11.5 Å². The predicted octanol–water partition coefficient (Wildman–Crippen LogP) is 7.17. The number of aryl methyl sites for hydroxylation is 4. The molecule has 0 N–H and O–H groups in total. The van der Waals surface area contributed by atoms with E-state index in [9.17, 15) is 0 Å². The minimum atomic E-state index is 0.364. The molecule has 1 aliphatic rings. The Kier molecular flexibility index (Phi) is 9.85. The molecule has 1 heterocycles. The number of hydrogen-bond acceptors (Lipinski definition) is 2. The monoisotopic (exact) mass is 390 g/mol. The highest BCUT2D eigenvalue weighted by atomic mass is 16.7. The third kappa shape index (κ3) is 7.65. The fraction of sp³-hybridized carbons (Fsp3) is 0.333. The molecule has 29 heavy (non-hydrogen) atoms. The number of hydrogen-bond donors (Lipinski definition) is 0. The van der Waals surface area contributed by atoms with Crippen LogP contribution < -0.4 is 9.47 Å². The lowest BCUT2D eigenvalue weighted by atomic mass is 10.1. The Bertz CT molecular complexity index is 840. The fourth-order valence-electron chi connectivity index (χ4n) is 3.10. The van der Waals surface area contributed by atoms with Crippen LogP contribution >= 0.6 is 0 Å². The third-order valence-corrected chi connectivity index (χ3v) is 4.87. The first-order chi connectivity index (χ1) is 14.2. The lowest BCUT2D eigenvalue weighted by molar-refractivity contribution is 0.174. The van der Waals surface area contributed by atoms with Crippen molar-refractivity contribution in [1.29, 1.82) is 0 Å². The van der Waals surface area contributed by atoms with Crippen LogP contribution in [0.25, 0.3) is 0 Å². The smallest absolute Gasteiger partial charge is 0.231 e. The highest BCUT2D eigenvalue weighted by molar-refractivity contribution is 5.44. The van der Waals surface area contributed by atoms with E-state index in [1.807, 2.05) is 12.1 Å².